The van der Waals surface area contributed by atoms with Crippen molar-refractivity contribution in [2.24, 2.45) is 5.92 Å². The van der Waals surface area contributed by atoms with Crippen molar-refractivity contribution in [3.8, 4) is 11.5 Å². The van der Waals surface area contributed by atoms with Crippen LogP contribution in [0.4, 0.5) is 5.69 Å². The van der Waals surface area contributed by atoms with Gasteiger partial charge in [-0.2, -0.15) is 0 Å². The number of pyridine rings is 1. The first-order valence-electron chi connectivity index (χ1n) is 6.82. The molecule has 2 rings (SSSR count). The molecule has 0 radical (unpaired) electrons. The van der Waals surface area contributed by atoms with Gasteiger partial charge in [0.2, 0.25) is 5.91 Å². The van der Waals surface area contributed by atoms with Crippen LogP contribution in [0.3, 0.4) is 0 Å². The van der Waals surface area contributed by atoms with Gasteiger partial charge in [-0.15, -0.1) is 0 Å². The maximum absolute atomic E-state index is 12.0. The molecule has 1 aromatic heterocycles. The molecule has 0 saturated carbocycles. The molecule has 5 heteroatoms. The number of aromatic nitrogens is 1. The number of hydrogen-bond donors (Lipinski definition) is 2. The van der Waals surface area contributed by atoms with Crippen LogP contribution in [-0.4, -0.2) is 24.5 Å². The molecule has 21 heavy (non-hydrogen) atoms. The molecule has 0 saturated heterocycles. The minimum atomic E-state index is -0.0974. The number of benzene rings is 1. The van der Waals surface area contributed by atoms with E-state index in [1.807, 2.05) is 32.2 Å². The van der Waals surface area contributed by atoms with Crippen molar-refractivity contribution in [1.29, 1.82) is 0 Å². The van der Waals surface area contributed by atoms with Crippen molar-refractivity contribution in [3.05, 3.63) is 48.8 Å². The number of ether oxygens (including phenoxy) is 1. The lowest BCUT2D eigenvalue weighted by molar-refractivity contribution is -0.119. The molecular weight excluding hydrogens is 266 g/mol. The highest BCUT2D eigenvalue weighted by molar-refractivity contribution is 5.92. The number of carbonyl (C=O) groups excluding carboxylic acids is 1. The van der Waals surface area contributed by atoms with E-state index in [1.165, 1.54) is 0 Å². The smallest absolute Gasteiger partial charge is 0.228 e. The zero-order valence-corrected chi connectivity index (χ0v) is 12.2. The van der Waals surface area contributed by atoms with E-state index < -0.39 is 0 Å². The Bertz CT molecular complexity index is 587. The molecule has 2 N–H and O–H groups in total. The Labute approximate surface area is 124 Å². The highest BCUT2D eigenvalue weighted by Gasteiger charge is 2.12. The molecule has 0 aliphatic rings. The Hall–Kier alpha value is -2.40. The largest absolute Gasteiger partial charge is 0.457 e. The van der Waals surface area contributed by atoms with E-state index in [1.54, 1.807) is 30.6 Å². The molecule has 5 nitrogen and oxygen atoms in total. The lowest BCUT2D eigenvalue weighted by atomic mass is 10.1. The molecular formula is C16H19N3O2. The van der Waals surface area contributed by atoms with Crippen molar-refractivity contribution >= 4 is 11.6 Å². The van der Waals surface area contributed by atoms with Crippen LogP contribution in [0.1, 0.15) is 6.92 Å². The van der Waals surface area contributed by atoms with Crippen LogP contribution in [0.25, 0.3) is 0 Å². The minimum absolute atomic E-state index is 0.0228. The number of carbonyl (C=O) groups is 1. The fourth-order valence-corrected chi connectivity index (χ4v) is 1.84. The summed E-state index contributed by atoms with van der Waals surface area (Å²) < 4.78 is 5.70. The summed E-state index contributed by atoms with van der Waals surface area (Å²) in [4.78, 5) is 15.9. The van der Waals surface area contributed by atoms with Crippen molar-refractivity contribution in [2.45, 2.75) is 6.92 Å². The second-order valence-electron chi connectivity index (χ2n) is 4.76. The van der Waals surface area contributed by atoms with E-state index in [0.29, 0.717) is 18.0 Å². The summed E-state index contributed by atoms with van der Waals surface area (Å²) in [7, 11) is 1.83. The van der Waals surface area contributed by atoms with Crippen LogP contribution in [0.15, 0.2) is 48.8 Å². The van der Waals surface area contributed by atoms with Gasteiger partial charge in [0.1, 0.15) is 11.5 Å². The summed E-state index contributed by atoms with van der Waals surface area (Å²) in [6.45, 7) is 2.52. The molecule has 1 atom stereocenters. The van der Waals surface area contributed by atoms with Crippen LogP contribution < -0.4 is 15.4 Å². The second-order valence-corrected chi connectivity index (χ2v) is 4.76. The third-order valence-electron chi connectivity index (χ3n) is 2.94. The van der Waals surface area contributed by atoms with Gasteiger partial charge >= 0.3 is 0 Å². The van der Waals surface area contributed by atoms with Gasteiger partial charge in [-0.05, 0) is 31.3 Å². The maximum atomic E-state index is 12.0. The Morgan fingerprint density at radius 3 is 2.71 bits per heavy atom. The first-order chi connectivity index (χ1) is 10.2. The predicted molar refractivity (Wildman–Crippen MR) is 82.5 cm³/mol. The number of nitrogens with zero attached hydrogens (tertiary/aromatic N) is 1. The topological polar surface area (TPSA) is 63.2 Å². The van der Waals surface area contributed by atoms with Crippen LogP contribution in [0.5, 0.6) is 11.5 Å². The number of nitrogens with one attached hydrogen (secondary N) is 2. The summed E-state index contributed by atoms with van der Waals surface area (Å²) in [5.41, 5.74) is 0.717. The zero-order chi connectivity index (χ0) is 15.1. The van der Waals surface area contributed by atoms with E-state index in [2.05, 4.69) is 15.6 Å². The molecule has 0 bridgehead atoms. The molecule has 1 unspecified atom stereocenters. The van der Waals surface area contributed by atoms with Crippen LogP contribution in [-0.2, 0) is 4.79 Å². The van der Waals surface area contributed by atoms with Gasteiger partial charge < -0.3 is 15.4 Å². The Morgan fingerprint density at radius 2 is 2.00 bits per heavy atom. The monoisotopic (exact) mass is 285 g/mol. The van der Waals surface area contributed by atoms with Crippen molar-refractivity contribution in [3.63, 3.8) is 0 Å². The molecule has 2 aromatic rings. The van der Waals surface area contributed by atoms with Crippen LogP contribution >= 0.6 is 0 Å². The van der Waals surface area contributed by atoms with Gasteiger partial charge in [-0.3, -0.25) is 9.78 Å². The van der Waals surface area contributed by atoms with E-state index in [0.717, 1.165) is 5.69 Å². The fourth-order valence-electron chi connectivity index (χ4n) is 1.84. The van der Waals surface area contributed by atoms with Gasteiger partial charge in [0.15, 0.2) is 0 Å². The summed E-state index contributed by atoms with van der Waals surface area (Å²) in [5.74, 6) is 1.25. The third-order valence-corrected chi connectivity index (χ3v) is 2.94. The van der Waals surface area contributed by atoms with Gasteiger partial charge in [0, 0.05) is 36.6 Å². The lowest BCUT2D eigenvalue weighted by Crippen LogP contribution is -2.28. The zero-order valence-electron chi connectivity index (χ0n) is 12.2. The molecule has 0 spiro atoms. The molecule has 0 aliphatic carbocycles. The first kappa shape index (κ1) is 15.0. The van der Waals surface area contributed by atoms with E-state index >= 15 is 0 Å². The van der Waals surface area contributed by atoms with Gasteiger partial charge in [-0.25, -0.2) is 0 Å². The summed E-state index contributed by atoms with van der Waals surface area (Å²) in [5, 5.41) is 5.87. The summed E-state index contributed by atoms with van der Waals surface area (Å²) in [6, 6.07) is 10.9. The first-order valence-corrected chi connectivity index (χ1v) is 6.82. The van der Waals surface area contributed by atoms with Crippen LogP contribution in [0, 0.1) is 5.92 Å². The van der Waals surface area contributed by atoms with Crippen molar-refractivity contribution in [2.75, 3.05) is 18.9 Å². The maximum Gasteiger partial charge on any atom is 0.228 e. The van der Waals surface area contributed by atoms with Gasteiger partial charge in [0.25, 0.3) is 0 Å². The average Bonchev–Trinajstić information content (AvgIpc) is 2.49. The lowest BCUT2D eigenvalue weighted by Gasteiger charge is -2.12. The van der Waals surface area contributed by atoms with E-state index in [4.69, 9.17) is 4.74 Å². The molecule has 0 fully saturated rings. The number of anilines is 1. The average molecular weight is 285 g/mol. The highest BCUT2D eigenvalue weighted by atomic mass is 16.5. The molecule has 110 valence electrons. The summed E-state index contributed by atoms with van der Waals surface area (Å²) in [6.07, 6.45) is 3.33. The van der Waals surface area contributed by atoms with Gasteiger partial charge in [-0.1, -0.05) is 13.0 Å². The standard InChI is InChI=1S/C16H19N3O2/c1-12(11-17-2)16(20)19-13-4-3-5-15(10-13)21-14-6-8-18-9-7-14/h3-10,12,17H,11H2,1-2H3,(H,19,20). The minimum Gasteiger partial charge on any atom is -0.457 e. The summed E-state index contributed by atoms with van der Waals surface area (Å²) >= 11 is 0. The molecule has 0 aliphatic heterocycles. The molecule has 1 heterocycles. The Kier molecular flexibility index (Phi) is 5.29. The second kappa shape index (κ2) is 7.40. The number of amides is 1. The predicted octanol–water partition coefficient (Wildman–Crippen LogP) is 2.67. The molecule has 1 aromatic carbocycles. The normalized spacial score (nSPS) is 11.7. The van der Waals surface area contributed by atoms with Crippen LogP contribution in [0.2, 0.25) is 0 Å². The van der Waals surface area contributed by atoms with Gasteiger partial charge in [0.05, 0.1) is 0 Å². The highest BCUT2D eigenvalue weighted by Crippen LogP contribution is 2.23. The molecule has 1 amide bonds. The number of rotatable bonds is 6. The third kappa shape index (κ3) is 4.57. The fraction of sp³-hybridized carbons (Fsp3) is 0.250. The quantitative estimate of drug-likeness (QED) is 0.856. The van der Waals surface area contributed by atoms with E-state index in [-0.39, 0.29) is 11.8 Å². The van der Waals surface area contributed by atoms with Crippen molar-refractivity contribution in [1.82, 2.24) is 10.3 Å². The van der Waals surface area contributed by atoms with Crippen molar-refractivity contribution < 1.29 is 9.53 Å². The SMILES string of the molecule is CNCC(C)C(=O)Nc1cccc(Oc2ccncc2)c1. The Morgan fingerprint density at radius 1 is 1.24 bits per heavy atom. The van der Waals surface area contributed by atoms with E-state index in [9.17, 15) is 4.79 Å². The number of hydrogen-bond acceptors (Lipinski definition) is 4. The Balaban J connectivity index is 2.02.